The van der Waals surface area contributed by atoms with E-state index in [-0.39, 0.29) is 0 Å². The molecule has 1 aromatic carbocycles. The average Bonchev–Trinajstić information content (AvgIpc) is 2.60. The van der Waals surface area contributed by atoms with Crippen LogP contribution in [0.15, 0.2) is 34.9 Å². The normalized spacial score (nSPS) is 13.7. The Hall–Kier alpha value is -1.28. The highest BCUT2D eigenvalue weighted by molar-refractivity contribution is 5.81. The second-order valence-electron chi connectivity index (χ2n) is 3.83. The van der Waals surface area contributed by atoms with Crippen molar-refractivity contribution < 1.29 is 4.42 Å². The zero-order chi connectivity index (χ0) is 10.1. The van der Waals surface area contributed by atoms with Gasteiger partial charge in [0.25, 0.3) is 0 Å². The van der Waals surface area contributed by atoms with Gasteiger partial charge in [-0.2, -0.15) is 0 Å². The standard InChI is InChI=1S/C12H15NO/c1-9(13(2)3)11-8-14-12-7-5-4-6-10(11)12/h4-9H,1-3H3. The Labute approximate surface area is 84.1 Å². The SMILES string of the molecule is CC(c1coc2ccccc12)N(C)C. The number of rotatable bonds is 2. The Morgan fingerprint density at radius 1 is 1.21 bits per heavy atom. The van der Waals surface area contributed by atoms with Crippen molar-refractivity contribution in [2.75, 3.05) is 14.1 Å². The van der Waals surface area contributed by atoms with Gasteiger partial charge in [0.2, 0.25) is 0 Å². The molecular formula is C12H15NO. The van der Waals surface area contributed by atoms with Crippen molar-refractivity contribution in [1.82, 2.24) is 4.90 Å². The zero-order valence-corrected chi connectivity index (χ0v) is 8.82. The summed E-state index contributed by atoms with van der Waals surface area (Å²) in [5.41, 5.74) is 2.22. The lowest BCUT2D eigenvalue weighted by atomic mass is 10.1. The highest BCUT2D eigenvalue weighted by atomic mass is 16.3. The van der Waals surface area contributed by atoms with Crippen LogP contribution in [0.3, 0.4) is 0 Å². The van der Waals surface area contributed by atoms with Gasteiger partial charge in [0.1, 0.15) is 5.58 Å². The van der Waals surface area contributed by atoms with E-state index < -0.39 is 0 Å². The second-order valence-corrected chi connectivity index (χ2v) is 3.83. The molecule has 1 heterocycles. The quantitative estimate of drug-likeness (QED) is 0.722. The van der Waals surface area contributed by atoms with Gasteiger partial charge < -0.3 is 9.32 Å². The minimum Gasteiger partial charge on any atom is -0.464 e. The molecule has 2 nitrogen and oxygen atoms in total. The van der Waals surface area contributed by atoms with Gasteiger partial charge >= 0.3 is 0 Å². The Morgan fingerprint density at radius 2 is 1.93 bits per heavy atom. The maximum atomic E-state index is 5.49. The van der Waals surface area contributed by atoms with Crippen LogP contribution in [0.1, 0.15) is 18.5 Å². The maximum absolute atomic E-state index is 5.49. The fourth-order valence-electron chi connectivity index (χ4n) is 1.60. The number of para-hydroxylation sites is 1. The molecule has 74 valence electrons. The van der Waals surface area contributed by atoms with Crippen LogP contribution in [-0.4, -0.2) is 19.0 Å². The van der Waals surface area contributed by atoms with E-state index in [4.69, 9.17) is 4.42 Å². The van der Waals surface area contributed by atoms with Gasteiger partial charge in [0.15, 0.2) is 0 Å². The highest BCUT2D eigenvalue weighted by Gasteiger charge is 2.13. The van der Waals surface area contributed by atoms with E-state index in [2.05, 4.69) is 32.0 Å². The van der Waals surface area contributed by atoms with E-state index >= 15 is 0 Å². The van der Waals surface area contributed by atoms with E-state index in [1.54, 1.807) is 0 Å². The zero-order valence-electron chi connectivity index (χ0n) is 8.82. The third-order valence-corrected chi connectivity index (χ3v) is 2.74. The number of hydrogen-bond donors (Lipinski definition) is 0. The van der Waals surface area contributed by atoms with E-state index in [0.717, 1.165) is 5.58 Å². The minimum absolute atomic E-state index is 0.388. The fraction of sp³-hybridized carbons (Fsp3) is 0.333. The van der Waals surface area contributed by atoms with Gasteiger partial charge in [0.05, 0.1) is 6.26 Å². The van der Waals surface area contributed by atoms with Gasteiger partial charge in [-0.1, -0.05) is 18.2 Å². The lowest BCUT2D eigenvalue weighted by Gasteiger charge is -2.18. The first kappa shape index (κ1) is 9.28. The average molecular weight is 189 g/mol. The first-order valence-corrected chi connectivity index (χ1v) is 4.82. The van der Waals surface area contributed by atoms with Crippen molar-refractivity contribution in [2.45, 2.75) is 13.0 Å². The predicted octanol–water partition coefficient (Wildman–Crippen LogP) is 3.06. The monoisotopic (exact) mass is 189 g/mol. The predicted molar refractivity (Wildman–Crippen MR) is 58.3 cm³/mol. The molecule has 0 saturated carbocycles. The molecule has 2 rings (SSSR count). The molecule has 1 atom stereocenters. The van der Waals surface area contributed by atoms with Crippen LogP contribution in [0.2, 0.25) is 0 Å². The van der Waals surface area contributed by atoms with E-state index in [9.17, 15) is 0 Å². The van der Waals surface area contributed by atoms with Crippen LogP contribution in [0.25, 0.3) is 11.0 Å². The Kier molecular flexibility index (Phi) is 2.30. The summed E-state index contributed by atoms with van der Waals surface area (Å²) in [7, 11) is 4.15. The topological polar surface area (TPSA) is 16.4 Å². The molecule has 0 bridgehead atoms. The maximum Gasteiger partial charge on any atom is 0.134 e. The Bertz CT molecular complexity index is 431. The lowest BCUT2D eigenvalue weighted by molar-refractivity contribution is 0.320. The molecule has 0 amide bonds. The summed E-state index contributed by atoms with van der Waals surface area (Å²) in [4.78, 5) is 2.18. The summed E-state index contributed by atoms with van der Waals surface area (Å²) < 4.78 is 5.49. The first-order chi connectivity index (χ1) is 6.70. The smallest absolute Gasteiger partial charge is 0.134 e. The van der Waals surface area contributed by atoms with Gasteiger partial charge in [-0.25, -0.2) is 0 Å². The largest absolute Gasteiger partial charge is 0.464 e. The lowest BCUT2D eigenvalue weighted by Crippen LogP contribution is -2.16. The van der Waals surface area contributed by atoms with Crippen molar-refractivity contribution in [1.29, 1.82) is 0 Å². The van der Waals surface area contributed by atoms with Crippen LogP contribution in [0.4, 0.5) is 0 Å². The van der Waals surface area contributed by atoms with Crippen molar-refractivity contribution in [3.05, 3.63) is 36.1 Å². The summed E-state index contributed by atoms with van der Waals surface area (Å²) in [5.74, 6) is 0. The summed E-state index contributed by atoms with van der Waals surface area (Å²) in [6.07, 6.45) is 1.86. The molecule has 0 saturated heterocycles. The molecule has 0 fully saturated rings. The number of benzene rings is 1. The van der Waals surface area contributed by atoms with Crippen molar-refractivity contribution in [3.63, 3.8) is 0 Å². The molecule has 0 spiro atoms. The van der Waals surface area contributed by atoms with Gasteiger partial charge in [-0.05, 0) is 27.1 Å². The van der Waals surface area contributed by atoms with Crippen molar-refractivity contribution in [3.8, 4) is 0 Å². The van der Waals surface area contributed by atoms with E-state index in [0.29, 0.717) is 6.04 Å². The highest BCUT2D eigenvalue weighted by Crippen LogP contribution is 2.28. The molecule has 2 aromatic rings. The van der Waals surface area contributed by atoms with E-state index in [1.807, 2.05) is 24.5 Å². The second kappa shape index (κ2) is 3.46. The number of furan rings is 1. The summed E-state index contributed by atoms with van der Waals surface area (Å²) >= 11 is 0. The molecule has 14 heavy (non-hydrogen) atoms. The van der Waals surface area contributed by atoms with Crippen LogP contribution >= 0.6 is 0 Å². The van der Waals surface area contributed by atoms with Crippen LogP contribution in [-0.2, 0) is 0 Å². The Morgan fingerprint density at radius 3 is 2.64 bits per heavy atom. The van der Waals surface area contributed by atoms with Gasteiger partial charge in [-0.15, -0.1) is 0 Å². The molecule has 1 unspecified atom stereocenters. The minimum atomic E-state index is 0.388. The van der Waals surface area contributed by atoms with Gasteiger partial charge in [0, 0.05) is 17.0 Å². The van der Waals surface area contributed by atoms with Crippen molar-refractivity contribution in [2.24, 2.45) is 0 Å². The number of hydrogen-bond acceptors (Lipinski definition) is 2. The molecule has 0 aliphatic heterocycles. The van der Waals surface area contributed by atoms with Crippen LogP contribution in [0, 0.1) is 0 Å². The summed E-state index contributed by atoms with van der Waals surface area (Å²) in [6, 6.07) is 8.54. The van der Waals surface area contributed by atoms with E-state index in [1.165, 1.54) is 10.9 Å². The number of nitrogens with zero attached hydrogens (tertiary/aromatic N) is 1. The third kappa shape index (κ3) is 1.42. The Balaban J connectivity index is 2.53. The molecule has 1 aromatic heterocycles. The van der Waals surface area contributed by atoms with Crippen LogP contribution < -0.4 is 0 Å². The summed E-state index contributed by atoms with van der Waals surface area (Å²) in [6.45, 7) is 2.18. The molecule has 2 heteroatoms. The van der Waals surface area contributed by atoms with Crippen molar-refractivity contribution >= 4 is 11.0 Å². The first-order valence-electron chi connectivity index (χ1n) is 4.82. The number of fused-ring (bicyclic) bond motifs is 1. The molecule has 0 aliphatic carbocycles. The molecule has 0 N–H and O–H groups in total. The third-order valence-electron chi connectivity index (χ3n) is 2.74. The molecule has 0 aliphatic rings. The molecule has 0 radical (unpaired) electrons. The fourth-order valence-corrected chi connectivity index (χ4v) is 1.60. The summed E-state index contributed by atoms with van der Waals surface area (Å²) in [5, 5.41) is 1.22. The van der Waals surface area contributed by atoms with Crippen LogP contribution in [0.5, 0.6) is 0 Å². The molecular weight excluding hydrogens is 174 g/mol. The van der Waals surface area contributed by atoms with Gasteiger partial charge in [-0.3, -0.25) is 0 Å².